The number of hydrogen-bond acceptors (Lipinski definition) is 5. The van der Waals surface area contributed by atoms with E-state index in [0.717, 1.165) is 77.3 Å². The van der Waals surface area contributed by atoms with Gasteiger partial charge in [0.15, 0.2) is 0 Å². The highest BCUT2D eigenvalue weighted by Crippen LogP contribution is 2.21. The molecule has 0 aliphatic heterocycles. The Morgan fingerprint density at radius 3 is 1.88 bits per heavy atom. The van der Waals surface area contributed by atoms with E-state index < -0.39 is 0 Å². The molecule has 0 unspecified atom stereocenters. The first-order chi connectivity index (χ1) is 16.4. The number of nitrogens with zero attached hydrogens (tertiary/aromatic N) is 1. The third-order valence-corrected chi connectivity index (χ3v) is 6.59. The summed E-state index contributed by atoms with van der Waals surface area (Å²) in [6.45, 7) is 9.39. The van der Waals surface area contributed by atoms with E-state index in [1.807, 2.05) is 13.8 Å². The monoisotopic (exact) mass is 483 g/mol. The highest BCUT2D eigenvalue weighted by atomic mass is 16.6. The van der Waals surface area contributed by atoms with Gasteiger partial charge in [0.1, 0.15) is 11.9 Å². The fourth-order valence-electron chi connectivity index (χ4n) is 4.45. The van der Waals surface area contributed by atoms with Gasteiger partial charge in [-0.1, -0.05) is 77.6 Å². The Labute approximate surface area is 211 Å². The quantitative estimate of drug-likeness (QED) is 0.0798. The summed E-state index contributed by atoms with van der Waals surface area (Å²) in [7, 11) is 0. The molecule has 0 radical (unpaired) electrons. The molecule has 0 amide bonds. The second-order valence-electron chi connectivity index (χ2n) is 10.6. The third-order valence-electron chi connectivity index (χ3n) is 6.59. The highest BCUT2D eigenvalue weighted by molar-refractivity contribution is 5.69. The van der Waals surface area contributed by atoms with Gasteiger partial charge in [0.05, 0.1) is 6.61 Å². The summed E-state index contributed by atoms with van der Waals surface area (Å²) in [5, 5.41) is 9.31. The first-order valence-electron chi connectivity index (χ1n) is 14.4. The number of rotatable bonds is 26. The number of aliphatic hydroxyl groups excluding tert-OH is 1. The summed E-state index contributed by atoms with van der Waals surface area (Å²) in [5.41, 5.74) is -0.340. The lowest BCUT2D eigenvalue weighted by Gasteiger charge is -2.25. The molecule has 0 saturated carbocycles. The van der Waals surface area contributed by atoms with Gasteiger partial charge in [-0.3, -0.25) is 4.79 Å². The van der Waals surface area contributed by atoms with Crippen molar-refractivity contribution in [2.24, 2.45) is 0 Å². The normalized spacial score (nSPS) is 11.8. The molecule has 5 heteroatoms. The van der Waals surface area contributed by atoms with Crippen LogP contribution >= 0.6 is 0 Å². The summed E-state index contributed by atoms with van der Waals surface area (Å²) in [5.74, 6) is -0.0451. The average Bonchev–Trinajstić information content (AvgIpc) is 2.79. The van der Waals surface area contributed by atoms with Gasteiger partial charge >= 0.3 is 5.97 Å². The van der Waals surface area contributed by atoms with E-state index in [0.29, 0.717) is 12.8 Å². The van der Waals surface area contributed by atoms with Crippen LogP contribution in [0.15, 0.2) is 0 Å². The predicted octanol–water partition coefficient (Wildman–Crippen LogP) is 7.23. The Morgan fingerprint density at radius 2 is 1.29 bits per heavy atom. The molecule has 0 aromatic rings. The van der Waals surface area contributed by atoms with Crippen molar-refractivity contribution in [1.82, 2.24) is 4.90 Å². The number of unbranched alkanes of at least 4 members (excludes halogenated alkanes) is 14. The van der Waals surface area contributed by atoms with Crippen molar-refractivity contribution in [2.75, 3.05) is 26.2 Å². The van der Waals surface area contributed by atoms with E-state index >= 15 is 0 Å². The van der Waals surface area contributed by atoms with Crippen molar-refractivity contribution in [1.29, 1.82) is 0 Å². The molecule has 1 N–H and O–H groups in total. The molecule has 0 aliphatic carbocycles. The lowest BCUT2D eigenvalue weighted by atomic mass is 9.99. The number of esters is 1. The van der Waals surface area contributed by atoms with Gasteiger partial charge < -0.3 is 19.5 Å². The summed E-state index contributed by atoms with van der Waals surface area (Å²) >= 11 is 0. The number of carbonyl (C=O) groups excluding carboxylic acids is 2. The summed E-state index contributed by atoms with van der Waals surface area (Å²) < 4.78 is 5.74. The molecule has 0 atom stereocenters. The van der Waals surface area contributed by atoms with Crippen LogP contribution in [0.25, 0.3) is 0 Å². The van der Waals surface area contributed by atoms with Gasteiger partial charge in [-0.05, 0) is 65.5 Å². The molecule has 0 aromatic carbocycles. The Kier molecular flexibility index (Phi) is 23.1. The Hall–Kier alpha value is -0.940. The van der Waals surface area contributed by atoms with Gasteiger partial charge in [0.25, 0.3) is 0 Å². The molecule has 0 saturated heterocycles. The Bertz CT molecular complexity index is 467. The van der Waals surface area contributed by atoms with Crippen molar-refractivity contribution < 1.29 is 19.4 Å². The van der Waals surface area contributed by atoms with E-state index in [-0.39, 0.29) is 18.2 Å². The maximum absolute atomic E-state index is 12.2. The second-order valence-corrected chi connectivity index (χ2v) is 10.6. The minimum absolute atomic E-state index is 0.0451. The zero-order chi connectivity index (χ0) is 25.3. The SMILES string of the molecule is CCCCCCCCC(C)(C)OC(=O)CCCCCCCN(CCO)CCCCCCCC=O. The topological polar surface area (TPSA) is 66.8 Å². The zero-order valence-electron chi connectivity index (χ0n) is 23.0. The number of aliphatic hydroxyl groups is 1. The van der Waals surface area contributed by atoms with Gasteiger partial charge in [-0.25, -0.2) is 0 Å². The first kappa shape index (κ1) is 33.1. The number of aldehydes is 1. The smallest absolute Gasteiger partial charge is 0.306 e. The molecule has 0 aliphatic rings. The van der Waals surface area contributed by atoms with Gasteiger partial charge in [0, 0.05) is 19.4 Å². The molecular weight excluding hydrogens is 426 g/mol. The van der Waals surface area contributed by atoms with Crippen LogP contribution in [0.3, 0.4) is 0 Å². The minimum atomic E-state index is -0.340. The first-order valence-corrected chi connectivity index (χ1v) is 14.4. The van der Waals surface area contributed by atoms with Gasteiger partial charge in [-0.2, -0.15) is 0 Å². The molecule has 202 valence electrons. The molecule has 0 heterocycles. The van der Waals surface area contributed by atoms with Crippen molar-refractivity contribution in [2.45, 2.75) is 148 Å². The third kappa shape index (κ3) is 22.8. The van der Waals surface area contributed by atoms with E-state index in [1.54, 1.807) is 0 Å². The Balaban J connectivity index is 3.72. The molecule has 0 spiro atoms. The lowest BCUT2D eigenvalue weighted by molar-refractivity contribution is -0.157. The van der Waals surface area contributed by atoms with Crippen LogP contribution in [-0.4, -0.2) is 54.1 Å². The van der Waals surface area contributed by atoms with E-state index in [1.165, 1.54) is 57.8 Å². The van der Waals surface area contributed by atoms with Crippen molar-refractivity contribution >= 4 is 12.3 Å². The molecule has 0 fully saturated rings. The Morgan fingerprint density at radius 1 is 0.765 bits per heavy atom. The van der Waals surface area contributed by atoms with E-state index in [2.05, 4.69) is 11.8 Å². The van der Waals surface area contributed by atoms with Crippen LogP contribution in [-0.2, 0) is 14.3 Å². The fourth-order valence-corrected chi connectivity index (χ4v) is 4.45. The maximum atomic E-state index is 12.2. The highest BCUT2D eigenvalue weighted by Gasteiger charge is 2.21. The van der Waals surface area contributed by atoms with Gasteiger partial charge in [0.2, 0.25) is 0 Å². The molecule has 0 bridgehead atoms. The van der Waals surface area contributed by atoms with E-state index in [4.69, 9.17) is 4.74 Å². The summed E-state index contributed by atoms with van der Waals surface area (Å²) in [4.78, 5) is 24.9. The number of hydrogen-bond donors (Lipinski definition) is 1. The molecule has 5 nitrogen and oxygen atoms in total. The largest absolute Gasteiger partial charge is 0.460 e. The van der Waals surface area contributed by atoms with Crippen LogP contribution in [0.4, 0.5) is 0 Å². The second kappa shape index (κ2) is 23.8. The van der Waals surface area contributed by atoms with Crippen molar-refractivity contribution in [3.8, 4) is 0 Å². The van der Waals surface area contributed by atoms with Crippen molar-refractivity contribution in [3.05, 3.63) is 0 Å². The van der Waals surface area contributed by atoms with Gasteiger partial charge in [-0.15, -0.1) is 0 Å². The predicted molar refractivity (Wildman–Crippen MR) is 143 cm³/mol. The minimum Gasteiger partial charge on any atom is -0.460 e. The summed E-state index contributed by atoms with van der Waals surface area (Å²) in [6, 6.07) is 0. The molecule has 34 heavy (non-hydrogen) atoms. The van der Waals surface area contributed by atoms with Crippen LogP contribution in [0.5, 0.6) is 0 Å². The van der Waals surface area contributed by atoms with Crippen LogP contribution < -0.4 is 0 Å². The lowest BCUT2D eigenvalue weighted by Crippen LogP contribution is -2.29. The van der Waals surface area contributed by atoms with Crippen LogP contribution in [0.1, 0.15) is 143 Å². The zero-order valence-corrected chi connectivity index (χ0v) is 23.0. The maximum Gasteiger partial charge on any atom is 0.306 e. The standard InChI is InChI=1S/C29H57NO4/c1-4-5-6-7-12-17-22-29(2,3)34-28(33)21-16-11-10-14-19-24-30(25-27-32)23-18-13-8-9-15-20-26-31/h26,32H,4-25,27H2,1-3H3. The summed E-state index contributed by atoms with van der Waals surface area (Å²) in [6.07, 6.45) is 21.9. The van der Waals surface area contributed by atoms with Crippen molar-refractivity contribution in [3.63, 3.8) is 0 Å². The van der Waals surface area contributed by atoms with Crippen LogP contribution in [0, 0.1) is 0 Å². The van der Waals surface area contributed by atoms with E-state index in [9.17, 15) is 14.7 Å². The molecular formula is C29H57NO4. The number of ether oxygens (including phenoxy) is 1. The van der Waals surface area contributed by atoms with Crippen LogP contribution in [0.2, 0.25) is 0 Å². The number of carbonyl (C=O) groups is 2. The molecule has 0 aromatic heterocycles. The average molecular weight is 484 g/mol. The molecule has 0 rings (SSSR count). The fraction of sp³-hybridized carbons (Fsp3) is 0.931.